The molecule has 2 heterocycles. The third-order valence-electron chi connectivity index (χ3n) is 4.86. The number of nitrogens with zero attached hydrogens (tertiary/aromatic N) is 5. The van der Waals surface area contributed by atoms with E-state index >= 15 is 0 Å². The van der Waals surface area contributed by atoms with Crippen molar-refractivity contribution in [3.05, 3.63) is 48.4 Å². The minimum Gasteiger partial charge on any atom is -0.497 e. The lowest BCUT2D eigenvalue weighted by atomic mass is 10.2. The number of fused-ring (bicyclic) bond motifs is 1. The largest absolute Gasteiger partial charge is 0.497 e. The van der Waals surface area contributed by atoms with Gasteiger partial charge in [0.25, 0.3) is 0 Å². The molecule has 4 N–H and O–H groups in total. The predicted octanol–water partition coefficient (Wildman–Crippen LogP) is 3.07. The molecule has 0 radical (unpaired) electrons. The summed E-state index contributed by atoms with van der Waals surface area (Å²) in [6.45, 7) is -0.609. The molecule has 1 unspecified atom stereocenters. The molecule has 0 aliphatic carbocycles. The van der Waals surface area contributed by atoms with Gasteiger partial charge < -0.3 is 25.8 Å². The molecule has 1 atom stereocenters. The highest BCUT2D eigenvalue weighted by molar-refractivity contribution is 6.09. The number of methoxy groups -OCH3 is 2. The van der Waals surface area contributed by atoms with E-state index in [1.807, 2.05) is 0 Å². The molecule has 180 valence electrons. The van der Waals surface area contributed by atoms with Gasteiger partial charge in [0.15, 0.2) is 5.65 Å². The Morgan fingerprint density at radius 3 is 2.38 bits per heavy atom. The summed E-state index contributed by atoms with van der Waals surface area (Å²) in [5, 5.41) is 0. The third-order valence-corrected chi connectivity index (χ3v) is 4.86. The monoisotopic (exact) mass is 475 g/mol. The van der Waals surface area contributed by atoms with Crippen molar-refractivity contribution in [1.82, 2.24) is 15.0 Å². The Balaban J connectivity index is 2.15. The van der Waals surface area contributed by atoms with Gasteiger partial charge in [0.2, 0.25) is 0 Å². The fourth-order valence-electron chi connectivity index (χ4n) is 3.09. The Morgan fingerprint density at radius 2 is 1.82 bits per heavy atom. The Morgan fingerprint density at radius 1 is 1.15 bits per heavy atom. The molecule has 3 aromatic rings. The summed E-state index contributed by atoms with van der Waals surface area (Å²) in [5.41, 5.74) is 13.0. The average Bonchev–Trinajstić information content (AvgIpc) is 2.83. The Bertz CT molecular complexity index is 1190. The number of aliphatic imine (C=N–C) groups is 1. The summed E-state index contributed by atoms with van der Waals surface area (Å²) in [4.78, 5) is 18.5. The summed E-state index contributed by atoms with van der Waals surface area (Å²) in [6.07, 6.45) is -0.277. The second kappa shape index (κ2) is 10.3. The second-order valence-corrected chi connectivity index (χ2v) is 7.11. The second-order valence-electron chi connectivity index (χ2n) is 7.11. The van der Waals surface area contributed by atoms with Crippen LogP contribution in [0.2, 0.25) is 0 Å². The normalized spacial score (nSPS) is 13.3. The molecule has 34 heavy (non-hydrogen) atoms. The van der Waals surface area contributed by atoms with Crippen molar-refractivity contribution in [1.29, 1.82) is 0 Å². The average molecular weight is 475 g/mol. The maximum atomic E-state index is 13.4. The van der Waals surface area contributed by atoms with E-state index in [2.05, 4.69) is 19.9 Å². The fraction of sp³-hybridized carbons (Fsp3) is 0.273. The van der Waals surface area contributed by atoms with Crippen molar-refractivity contribution in [2.75, 3.05) is 32.7 Å². The number of aromatic nitrogens is 3. The number of nitrogens with two attached hydrogens (primary N) is 2. The zero-order chi connectivity index (χ0) is 24.9. The van der Waals surface area contributed by atoms with Crippen LogP contribution in [0.5, 0.6) is 11.5 Å². The van der Waals surface area contributed by atoms with Crippen LogP contribution in [0.1, 0.15) is 5.69 Å². The van der Waals surface area contributed by atoms with Gasteiger partial charge >= 0.3 is 6.18 Å². The van der Waals surface area contributed by atoms with Gasteiger partial charge in [-0.15, -0.1) is 0 Å². The molecule has 2 aromatic heterocycles. The van der Waals surface area contributed by atoms with Crippen molar-refractivity contribution in [3.8, 4) is 11.5 Å². The molecule has 0 amide bonds. The van der Waals surface area contributed by atoms with Crippen LogP contribution in [0.3, 0.4) is 0 Å². The van der Waals surface area contributed by atoms with Crippen molar-refractivity contribution in [3.63, 3.8) is 0 Å². The number of rotatable bonds is 8. The zero-order valence-electron chi connectivity index (χ0n) is 18.7. The van der Waals surface area contributed by atoms with Gasteiger partial charge in [-0.1, -0.05) is 0 Å². The first kappa shape index (κ1) is 24.7. The van der Waals surface area contributed by atoms with Crippen LogP contribution in [0, 0.1) is 0 Å². The van der Waals surface area contributed by atoms with E-state index in [-0.39, 0.29) is 11.5 Å². The van der Waals surface area contributed by atoms with E-state index in [4.69, 9.17) is 20.9 Å². The third kappa shape index (κ3) is 5.52. The molecule has 0 fully saturated rings. The number of hydrogen-bond acceptors (Lipinski definition) is 9. The van der Waals surface area contributed by atoms with Crippen molar-refractivity contribution >= 4 is 34.5 Å². The van der Waals surface area contributed by atoms with Gasteiger partial charge in [-0.3, -0.25) is 9.98 Å². The SMILES string of the molecule is CN=C/C(=C\N)c1cnc2ccc(N(CC(N)C(F)(F)F)c3cc(OC)cc(OC)c3)nc2n1. The van der Waals surface area contributed by atoms with E-state index in [1.54, 1.807) is 37.4 Å². The molecule has 0 spiro atoms. The van der Waals surface area contributed by atoms with Gasteiger partial charge in [-0.25, -0.2) is 9.97 Å². The number of allylic oxidation sites excluding steroid dienone is 1. The van der Waals surface area contributed by atoms with Crippen LogP contribution in [0.25, 0.3) is 16.7 Å². The quantitative estimate of drug-likeness (QED) is 0.476. The number of benzene rings is 1. The number of ether oxygens (including phenoxy) is 2. The van der Waals surface area contributed by atoms with E-state index in [9.17, 15) is 13.2 Å². The molecule has 12 heteroatoms. The van der Waals surface area contributed by atoms with Crippen LogP contribution < -0.4 is 25.8 Å². The van der Waals surface area contributed by atoms with Crippen molar-refractivity contribution in [2.24, 2.45) is 16.5 Å². The predicted molar refractivity (Wildman–Crippen MR) is 124 cm³/mol. The van der Waals surface area contributed by atoms with Gasteiger partial charge in [0.1, 0.15) is 28.9 Å². The number of halogens is 3. The zero-order valence-corrected chi connectivity index (χ0v) is 18.7. The molecule has 0 bridgehead atoms. The lowest BCUT2D eigenvalue weighted by molar-refractivity contribution is -0.145. The number of pyridine rings is 1. The smallest absolute Gasteiger partial charge is 0.405 e. The lowest BCUT2D eigenvalue weighted by Gasteiger charge is -2.28. The standard InChI is InChI=1S/C22H24F3N7O2/c1-28-10-13(9-26)18-11-29-17-4-5-20(31-21(17)30-18)32(12-19(27)22(23,24)25)14-6-15(33-2)8-16(7-14)34-3/h4-11,19H,12,26-27H2,1-3H3/b13-9+,28-10?. The first-order valence-electron chi connectivity index (χ1n) is 10.0. The first-order chi connectivity index (χ1) is 16.2. The summed E-state index contributed by atoms with van der Waals surface area (Å²) in [6, 6.07) is 5.73. The van der Waals surface area contributed by atoms with Crippen molar-refractivity contribution in [2.45, 2.75) is 12.2 Å². The summed E-state index contributed by atoms with van der Waals surface area (Å²) in [5.74, 6) is 0.954. The van der Waals surface area contributed by atoms with Crippen molar-refractivity contribution < 1.29 is 22.6 Å². The van der Waals surface area contributed by atoms with E-state index in [1.165, 1.54) is 37.7 Å². The number of hydrogen-bond donors (Lipinski definition) is 2. The fourth-order valence-corrected chi connectivity index (χ4v) is 3.09. The van der Waals surface area contributed by atoms with E-state index < -0.39 is 18.8 Å². The van der Waals surface area contributed by atoms with E-state index in [0.717, 1.165) is 0 Å². The molecule has 9 nitrogen and oxygen atoms in total. The van der Waals surface area contributed by atoms with Crippen LogP contribution in [-0.4, -0.2) is 61.2 Å². The van der Waals surface area contributed by atoms with Gasteiger partial charge in [-0.05, 0) is 12.1 Å². The highest BCUT2D eigenvalue weighted by atomic mass is 19.4. The molecular weight excluding hydrogens is 451 g/mol. The Kier molecular flexibility index (Phi) is 7.51. The molecular formula is C22H24F3N7O2. The molecule has 0 saturated carbocycles. The van der Waals surface area contributed by atoms with E-state index in [0.29, 0.717) is 34.0 Å². The van der Waals surface area contributed by atoms with Crippen LogP contribution >= 0.6 is 0 Å². The highest BCUT2D eigenvalue weighted by Gasteiger charge is 2.38. The maximum absolute atomic E-state index is 13.4. The Labute approximate surface area is 193 Å². The number of anilines is 2. The molecule has 1 aromatic carbocycles. The molecule has 0 aliphatic heterocycles. The van der Waals surface area contributed by atoms with Gasteiger partial charge in [0, 0.05) is 55.5 Å². The van der Waals surface area contributed by atoms with Gasteiger partial charge in [0.05, 0.1) is 26.1 Å². The highest BCUT2D eigenvalue weighted by Crippen LogP contribution is 2.34. The summed E-state index contributed by atoms with van der Waals surface area (Å²) >= 11 is 0. The minimum atomic E-state index is -4.62. The minimum absolute atomic E-state index is 0.177. The van der Waals surface area contributed by atoms with Crippen LogP contribution in [0.15, 0.2) is 47.7 Å². The maximum Gasteiger partial charge on any atom is 0.405 e. The Hall–Kier alpha value is -3.93. The van der Waals surface area contributed by atoms with Crippen LogP contribution in [-0.2, 0) is 0 Å². The van der Waals surface area contributed by atoms with Crippen LogP contribution in [0.4, 0.5) is 24.7 Å². The summed E-state index contributed by atoms with van der Waals surface area (Å²) in [7, 11) is 4.47. The summed E-state index contributed by atoms with van der Waals surface area (Å²) < 4.78 is 50.6. The van der Waals surface area contributed by atoms with Gasteiger partial charge in [-0.2, -0.15) is 13.2 Å². The molecule has 0 aliphatic rings. The first-order valence-corrected chi connectivity index (χ1v) is 10.0. The molecule has 0 saturated heterocycles. The number of alkyl halides is 3. The topological polar surface area (TPSA) is 125 Å². The lowest BCUT2D eigenvalue weighted by Crippen LogP contribution is -2.46. The molecule has 3 rings (SSSR count).